The first-order valence-corrected chi connectivity index (χ1v) is 8.56. The second kappa shape index (κ2) is 7.29. The Hall–Kier alpha value is -0.780. The number of thioether (sulfide) groups is 1. The summed E-state index contributed by atoms with van der Waals surface area (Å²) in [6.07, 6.45) is 0. The number of aryl methyl sites for hydroxylation is 1. The van der Waals surface area contributed by atoms with Crippen molar-refractivity contribution in [2.45, 2.75) is 11.8 Å². The van der Waals surface area contributed by atoms with E-state index < -0.39 is 0 Å². The molecule has 0 bridgehead atoms. The molecule has 5 heteroatoms. The van der Waals surface area contributed by atoms with Gasteiger partial charge in [-0.05, 0) is 55.0 Å². The monoisotopic (exact) mass is 413 g/mol. The fraction of sp³-hybridized carbons (Fsp3) is 0.133. The van der Waals surface area contributed by atoms with E-state index in [0.717, 1.165) is 25.1 Å². The average Bonchev–Trinajstić information content (AvgIpc) is 2.41. The molecular weight excluding hydrogens is 402 g/mol. The number of carbonyl (C=O) groups is 1. The average molecular weight is 415 g/mol. The Morgan fingerprint density at radius 3 is 2.40 bits per heavy atom. The maximum absolute atomic E-state index is 11.9. The molecule has 0 saturated carbocycles. The van der Waals surface area contributed by atoms with E-state index in [0.29, 0.717) is 5.75 Å². The molecule has 2 rings (SSSR count). The van der Waals surface area contributed by atoms with Crippen molar-refractivity contribution in [2.24, 2.45) is 0 Å². The molecule has 0 atom stereocenters. The Morgan fingerprint density at radius 2 is 1.75 bits per heavy atom. The van der Waals surface area contributed by atoms with Crippen LogP contribution in [0.4, 0.5) is 5.69 Å². The van der Waals surface area contributed by atoms with Gasteiger partial charge in [-0.15, -0.1) is 11.8 Å². The van der Waals surface area contributed by atoms with Crippen LogP contribution in [0.2, 0.25) is 0 Å². The summed E-state index contributed by atoms with van der Waals surface area (Å²) in [6.45, 7) is 1.97. The van der Waals surface area contributed by atoms with Crippen molar-refractivity contribution in [3.63, 3.8) is 0 Å². The van der Waals surface area contributed by atoms with Crippen LogP contribution in [0.25, 0.3) is 0 Å². The van der Waals surface area contributed by atoms with Crippen molar-refractivity contribution in [3.8, 4) is 0 Å². The Labute approximate surface area is 139 Å². The number of nitrogens with one attached hydrogen (secondary N) is 1. The topological polar surface area (TPSA) is 29.1 Å². The maximum Gasteiger partial charge on any atom is 0.234 e. The molecule has 0 aliphatic carbocycles. The predicted octanol–water partition coefficient (Wildman–Crippen LogP) is 5.25. The van der Waals surface area contributed by atoms with Crippen LogP contribution in [-0.2, 0) is 4.79 Å². The highest BCUT2D eigenvalue weighted by molar-refractivity contribution is 9.10. The van der Waals surface area contributed by atoms with Crippen LogP contribution in [0.5, 0.6) is 0 Å². The van der Waals surface area contributed by atoms with Crippen molar-refractivity contribution in [1.29, 1.82) is 0 Å². The van der Waals surface area contributed by atoms with Crippen LogP contribution in [0.3, 0.4) is 0 Å². The molecule has 1 N–H and O–H groups in total. The van der Waals surface area contributed by atoms with Gasteiger partial charge in [0, 0.05) is 19.5 Å². The molecule has 0 spiro atoms. The lowest BCUT2D eigenvalue weighted by Gasteiger charge is -2.08. The number of carbonyl (C=O) groups excluding carboxylic acids is 1. The van der Waals surface area contributed by atoms with Gasteiger partial charge in [0.25, 0.3) is 0 Å². The van der Waals surface area contributed by atoms with Gasteiger partial charge in [-0.25, -0.2) is 0 Å². The van der Waals surface area contributed by atoms with Crippen molar-refractivity contribution in [1.82, 2.24) is 0 Å². The van der Waals surface area contributed by atoms with Gasteiger partial charge >= 0.3 is 0 Å². The second-order valence-electron chi connectivity index (χ2n) is 4.25. The minimum atomic E-state index is 0.00309. The lowest BCUT2D eigenvalue weighted by Crippen LogP contribution is -2.14. The summed E-state index contributed by atoms with van der Waals surface area (Å²) < 4.78 is 2.05. The fourth-order valence-corrected chi connectivity index (χ4v) is 3.07. The first-order valence-electron chi connectivity index (χ1n) is 5.99. The molecule has 1 amide bonds. The maximum atomic E-state index is 11.9. The second-order valence-corrected chi connectivity index (χ2v) is 7.13. The lowest BCUT2D eigenvalue weighted by molar-refractivity contribution is -0.113. The molecule has 2 aromatic carbocycles. The highest BCUT2D eigenvalue weighted by Gasteiger charge is 2.06. The highest BCUT2D eigenvalue weighted by atomic mass is 79.9. The number of hydrogen-bond donors (Lipinski definition) is 1. The normalized spacial score (nSPS) is 10.3. The SMILES string of the molecule is Cc1cc(Br)ccc1NC(=O)CSc1ccc(Br)cc1. The van der Waals surface area contributed by atoms with E-state index in [1.54, 1.807) is 0 Å². The van der Waals surface area contributed by atoms with Gasteiger partial charge < -0.3 is 5.32 Å². The third kappa shape index (κ3) is 4.65. The van der Waals surface area contributed by atoms with Crippen LogP contribution in [-0.4, -0.2) is 11.7 Å². The summed E-state index contributed by atoms with van der Waals surface area (Å²) in [4.78, 5) is 13.0. The quantitative estimate of drug-likeness (QED) is 0.692. The largest absolute Gasteiger partial charge is 0.325 e. The predicted molar refractivity (Wildman–Crippen MR) is 92.4 cm³/mol. The van der Waals surface area contributed by atoms with E-state index in [1.807, 2.05) is 49.4 Å². The van der Waals surface area contributed by atoms with E-state index in [-0.39, 0.29) is 5.91 Å². The third-order valence-corrected chi connectivity index (χ3v) is 4.68. The Balaban J connectivity index is 1.90. The minimum absolute atomic E-state index is 0.00309. The Morgan fingerprint density at radius 1 is 1.10 bits per heavy atom. The van der Waals surface area contributed by atoms with Gasteiger partial charge in [-0.3, -0.25) is 4.79 Å². The van der Waals surface area contributed by atoms with Crippen molar-refractivity contribution in [2.75, 3.05) is 11.1 Å². The molecule has 0 aromatic heterocycles. The first-order chi connectivity index (χ1) is 9.54. The van der Waals surface area contributed by atoms with Gasteiger partial charge in [0.15, 0.2) is 0 Å². The molecule has 0 radical (unpaired) electrons. The van der Waals surface area contributed by atoms with E-state index in [1.165, 1.54) is 11.8 Å². The van der Waals surface area contributed by atoms with E-state index >= 15 is 0 Å². The van der Waals surface area contributed by atoms with Crippen molar-refractivity contribution < 1.29 is 4.79 Å². The molecule has 20 heavy (non-hydrogen) atoms. The molecule has 0 unspecified atom stereocenters. The van der Waals surface area contributed by atoms with Crippen LogP contribution in [0.15, 0.2) is 56.3 Å². The van der Waals surface area contributed by atoms with Crippen LogP contribution in [0.1, 0.15) is 5.56 Å². The van der Waals surface area contributed by atoms with Gasteiger partial charge in [0.1, 0.15) is 0 Å². The first kappa shape index (κ1) is 15.6. The lowest BCUT2D eigenvalue weighted by atomic mass is 10.2. The van der Waals surface area contributed by atoms with Gasteiger partial charge in [-0.1, -0.05) is 31.9 Å². The zero-order valence-electron chi connectivity index (χ0n) is 10.8. The third-order valence-electron chi connectivity index (χ3n) is 2.65. The molecule has 104 valence electrons. The van der Waals surface area contributed by atoms with Gasteiger partial charge in [0.05, 0.1) is 5.75 Å². The molecule has 0 aliphatic heterocycles. The smallest absolute Gasteiger partial charge is 0.234 e. The Kier molecular flexibility index (Phi) is 5.69. The Bertz CT molecular complexity index is 614. The van der Waals surface area contributed by atoms with Crippen molar-refractivity contribution >= 4 is 55.2 Å². The van der Waals surface area contributed by atoms with E-state index in [4.69, 9.17) is 0 Å². The van der Waals surface area contributed by atoms with Crippen LogP contribution < -0.4 is 5.32 Å². The van der Waals surface area contributed by atoms with Crippen LogP contribution in [0, 0.1) is 6.92 Å². The van der Waals surface area contributed by atoms with Gasteiger partial charge in [-0.2, -0.15) is 0 Å². The molecule has 2 nitrogen and oxygen atoms in total. The van der Waals surface area contributed by atoms with Gasteiger partial charge in [0.2, 0.25) is 5.91 Å². The summed E-state index contributed by atoms with van der Waals surface area (Å²) in [5.74, 6) is 0.403. The number of hydrogen-bond acceptors (Lipinski definition) is 2. The van der Waals surface area contributed by atoms with Crippen molar-refractivity contribution in [3.05, 3.63) is 57.0 Å². The van der Waals surface area contributed by atoms with E-state index in [2.05, 4.69) is 37.2 Å². The zero-order chi connectivity index (χ0) is 14.5. The minimum Gasteiger partial charge on any atom is -0.325 e. The zero-order valence-corrected chi connectivity index (χ0v) is 14.8. The summed E-state index contributed by atoms with van der Waals surface area (Å²) in [5, 5.41) is 2.93. The standard InChI is InChI=1S/C15H13Br2NOS/c1-10-8-12(17)4-7-14(10)18-15(19)9-20-13-5-2-11(16)3-6-13/h2-8H,9H2,1H3,(H,18,19). The number of halogens is 2. The molecule has 0 heterocycles. The number of amides is 1. The fourth-order valence-electron chi connectivity index (χ4n) is 1.63. The number of anilines is 1. The summed E-state index contributed by atoms with van der Waals surface area (Å²) in [6, 6.07) is 13.7. The summed E-state index contributed by atoms with van der Waals surface area (Å²) >= 11 is 8.32. The number of rotatable bonds is 4. The molecule has 0 fully saturated rings. The molecule has 2 aromatic rings. The molecule has 0 saturated heterocycles. The number of benzene rings is 2. The molecule has 0 aliphatic rings. The van der Waals surface area contributed by atoms with E-state index in [9.17, 15) is 4.79 Å². The summed E-state index contributed by atoms with van der Waals surface area (Å²) in [5.41, 5.74) is 1.90. The highest BCUT2D eigenvalue weighted by Crippen LogP contribution is 2.22. The van der Waals surface area contributed by atoms with Crippen LogP contribution >= 0.6 is 43.6 Å². The summed E-state index contributed by atoms with van der Waals surface area (Å²) in [7, 11) is 0. The molecular formula is C15H13Br2NOS.